The number of carbonyl (C=O) groups is 3. The van der Waals surface area contributed by atoms with Gasteiger partial charge in [-0.3, -0.25) is 24.2 Å². The molecular weight excluding hydrogens is 763 g/mol. The Labute approximate surface area is 333 Å². The van der Waals surface area contributed by atoms with Crippen LogP contribution in [0.25, 0.3) is 10.9 Å². The van der Waals surface area contributed by atoms with Gasteiger partial charge in [-0.15, -0.1) is 0 Å². The summed E-state index contributed by atoms with van der Waals surface area (Å²) in [5.41, 5.74) is 3.70. The first-order valence-corrected chi connectivity index (χ1v) is 19.1. The summed E-state index contributed by atoms with van der Waals surface area (Å²) in [5, 5.41) is 20.9. The van der Waals surface area contributed by atoms with Crippen LogP contribution in [-0.2, 0) is 35.5 Å². The van der Waals surface area contributed by atoms with Gasteiger partial charge in [0.25, 0.3) is 0 Å². The highest BCUT2D eigenvalue weighted by Gasteiger charge is 2.28. The highest BCUT2D eigenvalue weighted by Crippen LogP contribution is 2.29. The molecule has 0 spiro atoms. The Kier molecular flexibility index (Phi) is 13.8. The van der Waals surface area contributed by atoms with E-state index in [0.717, 1.165) is 60.2 Å². The molecule has 3 heterocycles. The van der Waals surface area contributed by atoms with Crippen LogP contribution in [0.15, 0.2) is 79.1 Å². The standard InChI is InChI=1S/C40H43Cl2F2N9O3/c1-45-15-16-47-38(54)34(20-25-11-13-46-14-12-25)49-39(55)35(21-26-7-10-32(43)33(44)19-26)50-40(56)48-27-8-9-28-36(24-52-17-2-3-18-52)51-53(37(28)22-27)23-29-30(41)5-4-6-31(29)42/h4-14,19,22,34-35,45H,2-3,15-18,20-21,23-24H2,1H3,(H,47,54)(H,49,55)(H2,48,50,56)/t34-,35-/m0/s1. The lowest BCUT2D eigenvalue weighted by atomic mass is 10.0. The molecular formula is C40H43Cl2F2N9O3. The van der Waals surface area contributed by atoms with E-state index in [1.165, 1.54) is 6.07 Å². The first kappa shape index (κ1) is 40.5. The normalized spacial score (nSPS) is 14.0. The first-order valence-electron chi connectivity index (χ1n) is 18.4. The SMILES string of the molecule is CNCCNC(=O)[C@H](Cc1ccncc1)NC(=O)[C@H](Cc1ccc(F)c(F)c1)NC(=O)Nc1ccc2c(CN3CCCC3)nn(Cc3c(Cl)cccc3Cl)c2c1. The molecule has 0 radical (unpaired) electrons. The molecule has 12 nitrogen and oxygen atoms in total. The third-order valence-electron chi connectivity index (χ3n) is 9.57. The largest absolute Gasteiger partial charge is 0.353 e. The molecule has 16 heteroatoms. The summed E-state index contributed by atoms with van der Waals surface area (Å²) in [7, 11) is 1.75. The van der Waals surface area contributed by atoms with Crippen molar-refractivity contribution in [1.29, 1.82) is 0 Å². The lowest BCUT2D eigenvalue weighted by Crippen LogP contribution is -2.56. The number of amides is 4. The summed E-state index contributed by atoms with van der Waals surface area (Å²) in [5.74, 6) is -3.29. The van der Waals surface area contributed by atoms with Crippen LogP contribution in [-0.4, -0.2) is 82.8 Å². The zero-order valence-corrected chi connectivity index (χ0v) is 32.3. The number of anilines is 1. The van der Waals surface area contributed by atoms with Crippen LogP contribution in [0.1, 0.15) is 35.2 Å². The van der Waals surface area contributed by atoms with E-state index in [2.05, 4.69) is 36.5 Å². The molecule has 5 aromatic rings. The third kappa shape index (κ3) is 10.6. The summed E-state index contributed by atoms with van der Waals surface area (Å²) in [4.78, 5) is 47.3. The third-order valence-corrected chi connectivity index (χ3v) is 10.3. The van der Waals surface area contributed by atoms with Crippen molar-refractivity contribution in [2.75, 3.05) is 38.5 Å². The fourth-order valence-corrected chi connectivity index (χ4v) is 7.17. The number of carbonyl (C=O) groups excluding carboxylic acids is 3. The van der Waals surface area contributed by atoms with Crippen molar-refractivity contribution in [2.45, 2.75) is 50.9 Å². The van der Waals surface area contributed by atoms with Crippen molar-refractivity contribution in [3.8, 4) is 0 Å². The van der Waals surface area contributed by atoms with Crippen LogP contribution >= 0.6 is 23.2 Å². The molecule has 2 atom stereocenters. The number of likely N-dealkylation sites (tertiary alicyclic amines) is 1. The van der Waals surface area contributed by atoms with Crippen LogP contribution in [0.5, 0.6) is 0 Å². The van der Waals surface area contributed by atoms with Crippen LogP contribution in [0, 0.1) is 11.6 Å². The van der Waals surface area contributed by atoms with Crippen LogP contribution in [0.3, 0.4) is 0 Å². The van der Waals surface area contributed by atoms with Gasteiger partial charge < -0.3 is 26.6 Å². The summed E-state index contributed by atoms with van der Waals surface area (Å²) < 4.78 is 29.9. The molecule has 5 N–H and O–H groups in total. The number of hydrogen-bond acceptors (Lipinski definition) is 7. The van der Waals surface area contributed by atoms with E-state index >= 15 is 0 Å². The molecule has 0 bridgehead atoms. The van der Waals surface area contributed by atoms with Crippen molar-refractivity contribution in [3.05, 3.63) is 123 Å². The Morgan fingerprint density at radius 2 is 1.52 bits per heavy atom. The average Bonchev–Trinajstić information content (AvgIpc) is 3.82. The van der Waals surface area contributed by atoms with E-state index in [0.29, 0.717) is 40.9 Å². The van der Waals surface area contributed by atoms with E-state index in [4.69, 9.17) is 28.3 Å². The highest BCUT2D eigenvalue weighted by molar-refractivity contribution is 6.36. The number of aromatic nitrogens is 3. The van der Waals surface area contributed by atoms with E-state index in [9.17, 15) is 23.2 Å². The number of likely N-dealkylation sites (N-methyl/N-ethyl adjacent to an activating group) is 1. The van der Waals surface area contributed by atoms with Gasteiger partial charge in [-0.05, 0) is 98.7 Å². The number of benzene rings is 3. The number of halogens is 4. The molecule has 0 aliphatic carbocycles. The fraction of sp³-hybridized carbons (Fsp3) is 0.325. The summed E-state index contributed by atoms with van der Waals surface area (Å²) in [6, 6.07) is 14.4. The molecule has 1 aliphatic rings. The summed E-state index contributed by atoms with van der Waals surface area (Å²) in [6.07, 6.45) is 5.34. The maximum Gasteiger partial charge on any atom is 0.319 e. The molecule has 3 aromatic carbocycles. The molecule has 1 saturated heterocycles. The smallest absolute Gasteiger partial charge is 0.319 e. The van der Waals surface area contributed by atoms with Gasteiger partial charge in [-0.25, -0.2) is 13.6 Å². The molecule has 1 aliphatic heterocycles. The fourth-order valence-electron chi connectivity index (χ4n) is 6.65. The predicted octanol–water partition coefficient (Wildman–Crippen LogP) is 5.46. The minimum Gasteiger partial charge on any atom is -0.353 e. The summed E-state index contributed by atoms with van der Waals surface area (Å²) in [6.45, 7) is 3.71. The Morgan fingerprint density at radius 1 is 0.804 bits per heavy atom. The number of hydrogen-bond donors (Lipinski definition) is 5. The van der Waals surface area contributed by atoms with E-state index in [-0.39, 0.29) is 24.9 Å². The van der Waals surface area contributed by atoms with Gasteiger partial charge in [-0.1, -0.05) is 35.3 Å². The number of fused-ring (bicyclic) bond motifs is 1. The van der Waals surface area contributed by atoms with Crippen LogP contribution in [0.2, 0.25) is 10.0 Å². The summed E-state index contributed by atoms with van der Waals surface area (Å²) >= 11 is 13.1. The molecule has 56 heavy (non-hydrogen) atoms. The predicted molar refractivity (Wildman–Crippen MR) is 213 cm³/mol. The minimum absolute atomic E-state index is 0.136. The maximum absolute atomic E-state index is 14.3. The average molecular weight is 807 g/mol. The van der Waals surface area contributed by atoms with Gasteiger partial charge >= 0.3 is 6.03 Å². The lowest BCUT2D eigenvalue weighted by Gasteiger charge is -2.24. The quantitative estimate of drug-likeness (QED) is 0.0834. The number of urea groups is 1. The topological polar surface area (TPSA) is 145 Å². The second-order valence-corrected chi connectivity index (χ2v) is 14.5. The minimum atomic E-state index is -1.30. The zero-order chi connectivity index (χ0) is 39.6. The van der Waals surface area contributed by atoms with E-state index in [1.54, 1.807) is 66.6 Å². The molecule has 294 valence electrons. The molecule has 0 unspecified atom stereocenters. The number of nitrogens with zero attached hydrogens (tertiary/aromatic N) is 4. The number of nitrogens with one attached hydrogen (secondary N) is 5. The lowest BCUT2D eigenvalue weighted by molar-refractivity contribution is -0.129. The zero-order valence-electron chi connectivity index (χ0n) is 30.8. The number of rotatable bonds is 16. The van der Waals surface area contributed by atoms with E-state index < -0.39 is 41.6 Å². The van der Waals surface area contributed by atoms with Gasteiger partial charge in [0, 0.05) is 71.6 Å². The molecule has 1 fully saturated rings. The second kappa shape index (κ2) is 19.1. The van der Waals surface area contributed by atoms with Crippen molar-refractivity contribution in [2.24, 2.45) is 0 Å². The first-order chi connectivity index (χ1) is 27.1. The van der Waals surface area contributed by atoms with Crippen LogP contribution < -0.4 is 26.6 Å². The van der Waals surface area contributed by atoms with Crippen LogP contribution in [0.4, 0.5) is 19.3 Å². The van der Waals surface area contributed by atoms with Gasteiger partial charge in [0.1, 0.15) is 12.1 Å². The highest BCUT2D eigenvalue weighted by atomic mass is 35.5. The van der Waals surface area contributed by atoms with E-state index in [1.807, 2.05) is 6.07 Å². The number of pyridine rings is 1. The molecule has 4 amide bonds. The van der Waals surface area contributed by atoms with Gasteiger partial charge in [-0.2, -0.15) is 5.10 Å². The van der Waals surface area contributed by atoms with Gasteiger partial charge in [0.2, 0.25) is 11.8 Å². The van der Waals surface area contributed by atoms with Crippen molar-refractivity contribution >= 4 is 57.6 Å². The van der Waals surface area contributed by atoms with Crippen molar-refractivity contribution in [1.82, 2.24) is 40.9 Å². The van der Waals surface area contributed by atoms with Gasteiger partial charge in [0.05, 0.1) is 17.8 Å². The Balaban J connectivity index is 1.25. The molecule has 0 saturated carbocycles. The monoisotopic (exact) mass is 805 g/mol. The Hall–Kier alpha value is -5.15. The maximum atomic E-state index is 14.3. The molecule has 6 rings (SSSR count). The van der Waals surface area contributed by atoms with Crippen molar-refractivity contribution < 1.29 is 23.2 Å². The Morgan fingerprint density at radius 3 is 2.23 bits per heavy atom. The Bertz CT molecular complexity index is 2150. The molecule has 2 aromatic heterocycles. The van der Waals surface area contributed by atoms with Crippen molar-refractivity contribution in [3.63, 3.8) is 0 Å². The second-order valence-electron chi connectivity index (χ2n) is 13.6. The van der Waals surface area contributed by atoms with Gasteiger partial charge in [0.15, 0.2) is 11.6 Å².